The Balaban J connectivity index is 0.000000239. The molecule has 3 aliphatic heterocycles. The Kier molecular flexibility index (Phi) is 10.3. The lowest BCUT2D eigenvalue weighted by Crippen LogP contribution is -2.46. The van der Waals surface area contributed by atoms with E-state index in [1.165, 1.54) is 32.7 Å². The fourth-order valence-electron chi connectivity index (χ4n) is 3.50. The molecule has 3 fully saturated rings. The van der Waals surface area contributed by atoms with Crippen molar-refractivity contribution in [2.45, 2.75) is 51.6 Å². The minimum absolute atomic E-state index is 0.00491. The zero-order valence-electron chi connectivity index (χ0n) is 17.0. The van der Waals surface area contributed by atoms with E-state index in [4.69, 9.17) is 0 Å². The van der Waals surface area contributed by atoms with Crippen LogP contribution in [0.1, 0.15) is 39.5 Å². The second kappa shape index (κ2) is 12.5. The Labute approximate surface area is 168 Å². The van der Waals surface area contributed by atoms with Gasteiger partial charge in [-0.1, -0.05) is 20.3 Å². The fourth-order valence-corrected chi connectivity index (χ4v) is 4.78. The van der Waals surface area contributed by atoms with E-state index < -0.39 is 0 Å². The van der Waals surface area contributed by atoms with Crippen LogP contribution >= 0.6 is 11.8 Å². The quantitative estimate of drug-likeness (QED) is 0.421. The molecule has 156 valence electrons. The van der Waals surface area contributed by atoms with Gasteiger partial charge in [-0.05, 0) is 25.9 Å². The second-order valence-corrected chi connectivity index (χ2v) is 8.53. The van der Waals surface area contributed by atoms with Gasteiger partial charge in [0.2, 0.25) is 5.91 Å². The lowest BCUT2D eigenvalue weighted by Gasteiger charge is -2.33. The molecule has 3 amide bonds. The number of piperazine rings is 1. The first kappa shape index (κ1) is 22.3. The van der Waals surface area contributed by atoms with Crippen molar-refractivity contribution < 1.29 is 9.59 Å². The zero-order valence-corrected chi connectivity index (χ0v) is 17.8. The van der Waals surface area contributed by atoms with E-state index in [1.54, 1.807) is 0 Å². The highest BCUT2D eigenvalue weighted by molar-refractivity contribution is 7.99. The molecule has 2 unspecified atom stereocenters. The standard InChI is InChI=1S/C14H29N3O.C5H8N2OS/c1-3-5-7-14(18)15-8-6-9-17-12-10-16(4-2)11-13-17;8-5-6-3-1-9-2-4(3)7-5/h3-13H2,1-2H3,(H,15,18);3-4H,1-2H2,(H2,6,7,8). The van der Waals surface area contributed by atoms with Crippen LogP contribution in [0.4, 0.5) is 4.79 Å². The first-order chi connectivity index (χ1) is 13.1. The van der Waals surface area contributed by atoms with Crippen LogP contribution in [-0.4, -0.2) is 91.1 Å². The van der Waals surface area contributed by atoms with E-state index in [1.807, 2.05) is 11.8 Å². The summed E-state index contributed by atoms with van der Waals surface area (Å²) in [6.07, 6.45) is 3.86. The summed E-state index contributed by atoms with van der Waals surface area (Å²) in [6, 6.07) is 0.815. The number of urea groups is 1. The van der Waals surface area contributed by atoms with Crippen molar-refractivity contribution in [2.24, 2.45) is 0 Å². The number of thioether (sulfide) groups is 1. The van der Waals surface area contributed by atoms with Crippen LogP contribution in [0, 0.1) is 0 Å². The first-order valence-electron chi connectivity index (χ1n) is 10.5. The third kappa shape index (κ3) is 8.27. The van der Waals surface area contributed by atoms with E-state index in [0.29, 0.717) is 18.5 Å². The highest BCUT2D eigenvalue weighted by Crippen LogP contribution is 2.20. The molecule has 0 aliphatic carbocycles. The van der Waals surface area contributed by atoms with Crippen molar-refractivity contribution in [3.8, 4) is 0 Å². The predicted octanol–water partition coefficient (Wildman–Crippen LogP) is 1.10. The van der Waals surface area contributed by atoms with Gasteiger partial charge in [0.25, 0.3) is 0 Å². The summed E-state index contributed by atoms with van der Waals surface area (Å²) in [4.78, 5) is 27.0. The minimum atomic E-state index is 0.00491. The number of likely N-dealkylation sites (N-methyl/N-ethyl adjacent to an activating group) is 1. The number of carbonyl (C=O) groups excluding carboxylic acids is 2. The molecule has 2 atom stereocenters. The third-order valence-electron chi connectivity index (χ3n) is 5.36. The fraction of sp³-hybridized carbons (Fsp3) is 0.895. The maximum absolute atomic E-state index is 11.4. The van der Waals surface area contributed by atoms with Gasteiger partial charge in [-0.15, -0.1) is 0 Å². The molecule has 0 radical (unpaired) electrons. The van der Waals surface area contributed by atoms with Gasteiger partial charge in [-0.3, -0.25) is 4.79 Å². The number of nitrogens with one attached hydrogen (secondary N) is 3. The average molecular weight is 400 g/mol. The van der Waals surface area contributed by atoms with Gasteiger partial charge in [0, 0.05) is 50.7 Å². The lowest BCUT2D eigenvalue weighted by atomic mass is 10.2. The van der Waals surface area contributed by atoms with E-state index in [2.05, 4.69) is 39.6 Å². The summed E-state index contributed by atoms with van der Waals surface area (Å²) in [5.41, 5.74) is 0. The van der Waals surface area contributed by atoms with Crippen LogP contribution in [0.2, 0.25) is 0 Å². The number of amides is 3. The molecule has 0 bridgehead atoms. The number of hydrogen-bond donors (Lipinski definition) is 3. The van der Waals surface area contributed by atoms with Crippen molar-refractivity contribution in [1.82, 2.24) is 25.8 Å². The highest BCUT2D eigenvalue weighted by Gasteiger charge is 2.35. The van der Waals surface area contributed by atoms with Crippen LogP contribution in [0.15, 0.2) is 0 Å². The van der Waals surface area contributed by atoms with Gasteiger partial charge in [-0.2, -0.15) is 11.8 Å². The van der Waals surface area contributed by atoms with Gasteiger partial charge >= 0.3 is 6.03 Å². The van der Waals surface area contributed by atoms with Crippen molar-refractivity contribution in [3.63, 3.8) is 0 Å². The van der Waals surface area contributed by atoms with Crippen LogP contribution in [0.3, 0.4) is 0 Å². The van der Waals surface area contributed by atoms with Gasteiger partial charge in [0.1, 0.15) is 0 Å². The minimum Gasteiger partial charge on any atom is -0.356 e. The van der Waals surface area contributed by atoms with Gasteiger partial charge in [0.05, 0.1) is 12.1 Å². The molecule has 27 heavy (non-hydrogen) atoms. The van der Waals surface area contributed by atoms with E-state index in [-0.39, 0.29) is 11.9 Å². The Bertz CT molecular complexity index is 443. The number of unbranched alkanes of at least 4 members (excludes halogenated alkanes) is 1. The number of carbonyl (C=O) groups is 2. The zero-order chi connectivity index (χ0) is 19.5. The third-order valence-corrected chi connectivity index (χ3v) is 6.55. The summed E-state index contributed by atoms with van der Waals surface area (Å²) in [5.74, 6) is 2.36. The topological polar surface area (TPSA) is 76.7 Å². The van der Waals surface area contributed by atoms with Crippen LogP contribution < -0.4 is 16.0 Å². The Morgan fingerprint density at radius 1 is 1.07 bits per heavy atom. The summed E-state index contributed by atoms with van der Waals surface area (Å²) >= 11 is 1.89. The van der Waals surface area contributed by atoms with Crippen molar-refractivity contribution in [2.75, 3.05) is 57.3 Å². The normalized spacial score (nSPS) is 25.2. The summed E-state index contributed by atoms with van der Waals surface area (Å²) in [7, 11) is 0. The van der Waals surface area contributed by atoms with E-state index >= 15 is 0 Å². The average Bonchev–Trinajstić information content (AvgIpc) is 3.25. The number of hydrogen-bond acceptors (Lipinski definition) is 5. The molecule has 0 spiro atoms. The molecular weight excluding hydrogens is 362 g/mol. The SMILES string of the molecule is CCCCC(=O)NCCCN1CCN(CC)CC1.O=C1NC2CSCC2N1. The molecule has 3 heterocycles. The van der Waals surface area contributed by atoms with E-state index in [0.717, 1.165) is 43.9 Å². The molecule has 0 aromatic rings. The molecule has 0 aromatic carbocycles. The monoisotopic (exact) mass is 399 g/mol. The molecule has 3 rings (SSSR count). The van der Waals surface area contributed by atoms with Gasteiger partial charge < -0.3 is 25.8 Å². The lowest BCUT2D eigenvalue weighted by molar-refractivity contribution is -0.121. The van der Waals surface area contributed by atoms with Crippen LogP contribution in [0.25, 0.3) is 0 Å². The van der Waals surface area contributed by atoms with Crippen LogP contribution in [0.5, 0.6) is 0 Å². The maximum atomic E-state index is 11.4. The maximum Gasteiger partial charge on any atom is 0.315 e. The first-order valence-corrected chi connectivity index (χ1v) is 11.6. The summed E-state index contributed by atoms with van der Waals surface area (Å²) < 4.78 is 0. The Morgan fingerprint density at radius 2 is 1.70 bits per heavy atom. The summed E-state index contributed by atoms with van der Waals surface area (Å²) in [6.45, 7) is 12.2. The number of fused-ring (bicyclic) bond motifs is 1. The molecule has 3 aliphatic rings. The summed E-state index contributed by atoms with van der Waals surface area (Å²) in [5, 5.41) is 8.69. The molecule has 3 saturated heterocycles. The second-order valence-electron chi connectivity index (χ2n) is 7.45. The molecule has 7 nitrogen and oxygen atoms in total. The molecule has 0 aromatic heterocycles. The molecular formula is C19H37N5O2S. The predicted molar refractivity (Wildman–Crippen MR) is 112 cm³/mol. The molecule has 3 N–H and O–H groups in total. The van der Waals surface area contributed by atoms with Crippen molar-refractivity contribution in [3.05, 3.63) is 0 Å². The van der Waals surface area contributed by atoms with Crippen molar-refractivity contribution in [1.29, 1.82) is 0 Å². The molecule has 8 heteroatoms. The van der Waals surface area contributed by atoms with E-state index in [9.17, 15) is 9.59 Å². The van der Waals surface area contributed by atoms with Crippen LogP contribution in [-0.2, 0) is 4.79 Å². The smallest absolute Gasteiger partial charge is 0.315 e. The van der Waals surface area contributed by atoms with Gasteiger partial charge in [0.15, 0.2) is 0 Å². The number of rotatable bonds is 8. The van der Waals surface area contributed by atoms with Gasteiger partial charge in [-0.25, -0.2) is 4.79 Å². The largest absolute Gasteiger partial charge is 0.356 e. The van der Waals surface area contributed by atoms with Crippen molar-refractivity contribution >= 4 is 23.7 Å². The Hall–Kier alpha value is -0.990. The number of nitrogens with zero attached hydrogens (tertiary/aromatic N) is 2. The Morgan fingerprint density at radius 3 is 2.30 bits per heavy atom. The highest BCUT2D eigenvalue weighted by atomic mass is 32.2. The molecule has 0 saturated carbocycles.